The van der Waals surface area contributed by atoms with Crippen molar-refractivity contribution in [2.75, 3.05) is 43.2 Å². The first-order valence-corrected chi connectivity index (χ1v) is 9.03. The number of hydrogen-bond donors (Lipinski definition) is 0. The third-order valence-electron chi connectivity index (χ3n) is 4.43. The lowest BCUT2D eigenvalue weighted by molar-refractivity contribution is 0.122. The minimum Gasteiger partial charge on any atom is -0.378 e. The second kappa shape index (κ2) is 6.45. The van der Waals surface area contributed by atoms with Crippen molar-refractivity contribution < 1.29 is 4.74 Å². The molecule has 23 heavy (non-hydrogen) atoms. The first-order chi connectivity index (χ1) is 11.3. The largest absolute Gasteiger partial charge is 0.378 e. The number of ether oxygens (including phenoxy) is 1. The Labute approximate surface area is 141 Å². The molecule has 1 aromatic heterocycles. The van der Waals surface area contributed by atoms with Crippen molar-refractivity contribution in [3.8, 4) is 0 Å². The van der Waals surface area contributed by atoms with Crippen LogP contribution in [0.1, 0.15) is 30.1 Å². The molecule has 0 radical (unpaired) electrons. The Hall–Kier alpha value is -1.66. The van der Waals surface area contributed by atoms with Crippen molar-refractivity contribution in [2.24, 2.45) is 0 Å². The highest BCUT2D eigenvalue weighted by Crippen LogP contribution is 2.39. The highest BCUT2D eigenvalue weighted by atomic mass is 32.1. The van der Waals surface area contributed by atoms with Gasteiger partial charge in [0.1, 0.15) is 5.82 Å². The smallest absolute Gasteiger partial charge is 0.205 e. The van der Waals surface area contributed by atoms with Gasteiger partial charge in [0.2, 0.25) is 5.13 Å². The van der Waals surface area contributed by atoms with E-state index in [0.717, 1.165) is 43.8 Å². The second-order valence-corrected chi connectivity index (χ2v) is 7.06. The van der Waals surface area contributed by atoms with E-state index >= 15 is 0 Å². The predicted octanol–water partition coefficient (Wildman–Crippen LogP) is 2.89. The average Bonchev–Trinajstić information content (AvgIpc) is 3.33. The summed E-state index contributed by atoms with van der Waals surface area (Å²) < 4.78 is 9.90. The van der Waals surface area contributed by atoms with E-state index in [0.29, 0.717) is 5.92 Å². The molecular weight excluding hydrogens is 308 g/mol. The van der Waals surface area contributed by atoms with E-state index in [2.05, 4.69) is 50.5 Å². The zero-order valence-electron chi connectivity index (χ0n) is 13.4. The molecule has 1 saturated carbocycles. The fraction of sp³-hybridized carbons (Fsp3) is 0.529. The van der Waals surface area contributed by atoms with Gasteiger partial charge in [-0.25, -0.2) is 4.98 Å². The van der Waals surface area contributed by atoms with Crippen LogP contribution in [0.3, 0.4) is 0 Å². The quantitative estimate of drug-likeness (QED) is 0.843. The number of hydrogen-bond acceptors (Lipinski definition) is 6. The normalized spacial score (nSPS) is 18.2. The molecule has 2 fully saturated rings. The molecule has 5 nitrogen and oxygen atoms in total. The van der Waals surface area contributed by atoms with Crippen LogP contribution in [0.15, 0.2) is 24.3 Å². The van der Waals surface area contributed by atoms with E-state index in [9.17, 15) is 0 Å². The average molecular weight is 330 g/mol. The van der Waals surface area contributed by atoms with Gasteiger partial charge in [-0.2, -0.15) is 4.37 Å². The van der Waals surface area contributed by atoms with Crippen molar-refractivity contribution in [1.82, 2.24) is 9.36 Å². The maximum absolute atomic E-state index is 5.41. The number of nitrogens with zero attached hydrogens (tertiary/aromatic N) is 4. The summed E-state index contributed by atoms with van der Waals surface area (Å²) in [6.07, 6.45) is 2.51. The van der Waals surface area contributed by atoms with Gasteiger partial charge in [-0.1, -0.05) is 12.1 Å². The van der Waals surface area contributed by atoms with Gasteiger partial charge in [0.05, 0.1) is 13.2 Å². The van der Waals surface area contributed by atoms with E-state index in [1.165, 1.54) is 35.6 Å². The fourth-order valence-corrected chi connectivity index (χ4v) is 3.57. The third-order valence-corrected chi connectivity index (χ3v) is 5.28. The van der Waals surface area contributed by atoms with Crippen LogP contribution in [-0.2, 0) is 11.3 Å². The first kappa shape index (κ1) is 14.9. The minimum atomic E-state index is 0.626. The monoisotopic (exact) mass is 330 g/mol. The van der Waals surface area contributed by atoms with Gasteiger partial charge < -0.3 is 14.5 Å². The topological polar surface area (TPSA) is 41.5 Å². The highest BCUT2D eigenvalue weighted by molar-refractivity contribution is 7.09. The number of benzene rings is 1. The lowest BCUT2D eigenvalue weighted by Gasteiger charge is -2.29. The predicted molar refractivity (Wildman–Crippen MR) is 93.5 cm³/mol. The molecule has 6 heteroatoms. The Morgan fingerprint density at radius 1 is 1.22 bits per heavy atom. The number of anilines is 2. The summed E-state index contributed by atoms with van der Waals surface area (Å²) in [7, 11) is 2.09. The van der Waals surface area contributed by atoms with Crippen LogP contribution in [-0.4, -0.2) is 42.7 Å². The van der Waals surface area contributed by atoms with Gasteiger partial charge in [0.15, 0.2) is 0 Å². The fourth-order valence-electron chi connectivity index (χ4n) is 2.86. The Morgan fingerprint density at radius 2 is 1.96 bits per heavy atom. The summed E-state index contributed by atoms with van der Waals surface area (Å²) >= 11 is 1.51. The first-order valence-electron chi connectivity index (χ1n) is 8.26. The van der Waals surface area contributed by atoms with Crippen LogP contribution in [0.4, 0.5) is 10.8 Å². The van der Waals surface area contributed by atoms with Crippen molar-refractivity contribution in [2.45, 2.75) is 25.3 Å². The lowest BCUT2D eigenvalue weighted by Crippen LogP contribution is -2.36. The number of aromatic nitrogens is 2. The summed E-state index contributed by atoms with van der Waals surface area (Å²) in [6, 6.07) is 8.85. The maximum Gasteiger partial charge on any atom is 0.205 e. The minimum absolute atomic E-state index is 0.626. The van der Waals surface area contributed by atoms with Crippen LogP contribution < -0.4 is 9.80 Å². The molecule has 4 rings (SSSR count). The second-order valence-electron chi connectivity index (χ2n) is 6.33. The molecule has 0 atom stereocenters. The van der Waals surface area contributed by atoms with E-state index in [4.69, 9.17) is 4.74 Å². The molecule has 0 N–H and O–H groups in total. The molecule has 2 aromatic rings. The van der Waals surface area contributed by atoms with Crippen LogP contribution in [0.2, 0.25) is 0 Å². The number of rotatable bonds is 5. The molecule has 0 amide bonds. The van der Waals surface area contributed by atoms with Crippen molar-refractivity contribution in [1.29, 1.82) is 0 Å². The number of morpholine rings is 1. The van der Waals surface area contributed by atoms with Gasteiger partial charge in [-0.15, -0.1) is 0 Å². The van der Waals surface area contributed by atoms with Crippen molar-refractivity contribution >= 4 is 22.4 Å². The Kier molecular flexibility index (Phi) is 4.18. The van der Waals surface area contributed by atoms with Crippen molar-refractivity contribution in [3.63, 3.8) is 0 Å². The third kappa shape index (κ3) is 3.48. The summed E-state index contributed by atoms with van der Waals surface area (Å²) in [4.78, 5) is 9.24. The molecule has 0 unspecified atom stereocenters. The molecule has 1 aliphatic heterocycles. The standard InChI is InChI=1S/C17H22N4OS/c1-20(17-18-16(19-23-17)14-4-5-14)12-13-2-6-15(7-3-13)21-8-10-22-11-9-21/h2-3,6-7,14H,4-5,8-12H2,1H3. The SMILES string of the molecule is CN(Cc1ccc(N2CCOCC2)cc1)c1nc(C2CC2)ns1. The zero-order chi connectivity index (χ0) is 15.6. The molecule has 2 aliphatic rings. The van der Waals surface area contributed by atoms with E-state index in [1.807, 2.05) is 0 Å². The van der Waals surface area contributed by atoms with Crippen LogP contribution >= 0.6 is 11.5 Å². The summed E-state index contributed by atoms with van der Waals surface area (Å²) in [5.41, 5.74) is 2.58. The van der Waals surface area contributed by atoms with Gasteiger partial charge in [0, 0.05) is 49.8 Å². The summed E-state index contributed by atoms with van der Waals surface area (Å²) in [6.45, 7) is 4.47. The molecule has 0 spiro atoms. The molecule has 0 bridgehead atoms. The van der Waals surface area contributed by atoms with Gasteiger partial charge >= 0.3 is 0 Å². The summed E-state index contributed by atoms with van der Waals surface area (Å²) in [5.74, 6) is 1.67. The molecule has 1 saturated heterocycles. The van der Waals surface area contributed by atoms with Gasteiger partial charge in [0.25, 0.3) is 0 Å². The molecular formula is C17H22N4OS. The Balaban J connectivity index is 1.39. The summed E-state index contributed by atoms with van der Waals surface area (Å²) in [5, 5.41) is 1.02. The van der Waals surface area contributed by atoms with E-state index in [-0.39, 0.29) is 0 Å². The van der Waals surface area contributed by atoms with Crippen LogP contribution in [0.25, 0.3) is 0 Å². The lowest BCUT2D eigenvalue weighted by atomic mass is 10.2. The van der Waals surface area contributed by atoms with Gasteiger partial charge in [-0.05, 0) is 30.5 Å². The Bertz CT molecular complexity index is 647. The molecule has 2 heterocycles. The highest BCUT2D eigenvalue weighted by Gasteiger charge is 2.28. The van der Waals surface area contributed by atoms with Crippen molar-refractivity contribution in [3.05, 3.63) is 35.7 Å². The van der Waals surface area contributed by atoms with Crippen LogP contribution in [0.5, 0.6) is 0 Å². The molecule has 1 aliphatic carbocycles. The van der Waals surface area contributed by atoms with Crippen LogP contribution in [0, 0.1) is 0 Å². The maximum atomic E-state index is 5.41. The van der Waals surface area contributed by atoms with E-state index < -0.39 is 0 Å². The van der Waals surface area contributed by atoms with Gasteiger partial charge in [-0.3, -0.25) is 0 Å². The molecule has 122 valence electrons. The Morgan fingerprint density at radius 3 is 2.65 bits per heavy atom. The zero-order valence-corrected chi connectivity index (χ0v) is 14.3. The molecule has 1 aromatic carbocycles. The van der Waals surface area contributed by atoms with E-state index in [1.54, 1.807) is 0 Å².